The van der Waals surface area contributed by atoms with Gasteiger partial charge in [-0.25, -0.2) is 4.99 Å². The van der Waals surface area contributed by atoms with Crippen LogP contribution in [0.3, 0.4) is 0 Å². The van der Waals surface area contributed by atoms with E-state index >= 15 is 0 Å². The lowest BCUT2D eigenvalue weighted by atomic mass is 10.5. The molecule has 0 bridgehead atoms. The molecule has 0 saturated heterocycles. The minimum atomic E-state index is 0.461. The van der Waals surface area contributed by atoms with Gasteiger partial charge in [-0.05, 0) is 12.4 Å². The summed E-state index contributed by atoms with van der Waals surface area (Å²) in [7, 11) is 0. The van der Waals surface area contributed by atoms with E-state index in [4.69, 9.17) is 5.26 Å². The van der Waals surface area contributed by atoms with Crippen LogP contribution in [0.15, 0.2) is 11.6 Å². The lowest BCUT2D eigenvalue weighted by Gasteiger charge is -1.72. The van der Waals surface area contributed by atoms with Crippen LogP contribution in [0.2, 0.25) is 0 Å². The molecule has 0 unspecified atom stereocenters. The van der Waals surface area contributed by atoms with E-state index in [0.717, 1.165) is 0 Å². The van der Waals surface area contributed by atoms with E-state index in [1.54, 1.807) is 0 Å². The molecule has 0 saturated carbocycles. The highest BCUT2D eigenvalue weighted by atomic mass is 14.7. The second-order valence-corrected chi connectivity index (χ2v) is 0.948. The van der Waals surface area contributed by atoms with E-state index in [1.807, 2.05) is 6.07 Å². The van der Waals surface area contributed by atoms with Crippen molar-refractivity contribution in [3.05, 3.63) is 6.58 Å². The van der Waals surface area contributed by atoms with Crippen LogP contribution in [-0.4, -0.2) is 12.4 Å². The Morgan fingerprint density at radius 3 is 2.86 bits per heavy atom. The average molecular weight is 94.1 g/mol. The Balaban J connectivity index is 3.03. The van der Waals surface area contributed by atoms with Crippen molar-refractivity contribution in [2.45, 2.75) is 6.42 Å². The Morgan fingerprint density at radius 2 is 2.43 bits per heavy atom. The number of hydrogen-bond donors (Lipinski definition) is 0. The second-order valence-electron chi connectivity index (χ2n) is 0.948. The van der Waals surface area contributed by atoms with Crippen molar-refractivity contribution in [2.24, 2.45) is 4.99 Å². The Labute approximate surface area is 42.8 Å². The average Bonchev–Trinajstić information content (AvgIpc) is 1.69. The third kappa shape index (κ3) is 4.94. The molecule has 0 heterocycles. The standard InChI is InChI=1S/C5H6N2/c1-2-7-5-3-4-6/h1,3,5H2. The van der Waals surface area contributed by atoms with Crippen LogP contribution < -0.4 is 0 Å². The smallest absolute Gasteiger partial charge is 0.0641 e. The summed E-state index contributed by atoms with van der Waals surface area (Å²) in [6, 6.07) is 1.94. The number of hydrogen-bond acceptors (Lipinski definition) is 2. The number of nitrogens with zero attached hydrogens (tertiary/aromatic N) is 2. The molecule has 0 radical (unpaired) electrons. The summed E-state index contributed by atoms with van der Waals surface area (Å²) in [6.07, 6.45) is 0.461. The monoisotopic (exact) mass is 94.1 g/mol. The van der Waals surface area contributed by atoms with Crippen molar-refractivity contribution in [2.75, 3.05) is 6.54 Å². The summed E-state index contributed by atoms with van der Waals surface area (Å²) in [5.74, 6) is 2.33. The van der Waals surface area contributed by atoms with Crippen LogP contribution in [-0.2, 0) is 0 Å². The van der Waals surface area contributed by atoms with Gasteiger partial charge in [0.15, 0.2) is 0 Å². The number of rotatable bonds is 2. The Hall–Kier alpha value is -1.06. The summed E-state index contributed by atoms with van der Waals surface area (Å²) < 4.78 is 0. The molecule has 0 spiro atoms. The second kappa shape index (κ2) is 4.94. The van der Waals surface area contributed by atoms with Gasteiger partial charge in [0.1, 0.15) is 0 Å². The zero-order valence-electron chi connectivity index (χ0n) is 4.02. The van der Waals surface area contributed by atoms with Gasteiger partial charge < -0.3 is 0 Å². The molecular formula is C5H6N2. The predicted octanol–water partition coefficient (Wildman–Crippen LogP) is 0.756. The van der Waals surface area contributed by atoms with E-state index in [1.165, 1.54) is 0 Å². The minimum absolute atomic E-state index is 0.461. The third-order valence-electron chi connectivity index (χ3n) is 0.447. The van der Waals surface area contributed by atoms with E-state index in [-0.39, 0.29) is 0 Å². The van der Waals surface area contributed by atoms with Crippen LogP contribution in [0.1, 0.15) is 6.42 Å². The topological polar surface area (TPSA) is 36.1 Å². The molecule has 36 valence electrons. The lowest BCUT2D eigenvalue weighted by Crippen LogP contribution is -1.71. The maximum atomic E-state index is 7.93. The Kier molecular flexibility index (Phi) is 4.19. The molecular weight excluding hydrogens is 88.1 g/mol. The largest absolute Gasteiger partial charge is 0.243 e. The first-order chi connectivity index (χ1) is 3.41. The molecule has 0 aromatic carbocycles. The van der Waals surface area contributed by atoms with Gasteiger partial charge in [-0.1, -0.05) is 0 Å². The molecule has 0 aliphatic rings. The van der Waals surface area contributed by atoms with Gasteiger partial charge in [-0.2, -0.15) is 5.26 Å². The first-order valence-electron chi connectivity index (χ1n) is 1.97. The highest BCUT2D eigenvalue weighted by Gasteiger charge is 1.71. The molecule has 0 aromatic rings. The summed E-state index contributed by atoms with van der Waals surface area (Å²) in [6.45, 7) is 3.76. The van der Waals surface area contributed by atoms with Crippen molar-refractivity contribution in [1.82, 2.24) is 0 Å². The minimum Gasteiger partial charge on any atom is -0.243 e. The highest BCUT2D eigenvalue weighted by Crippen LogP contribution is 1.71. The molecule has 0 amide bonds. The summed E-state index contributed by atoms with van der Waals surface area (Å²) in [4.78, 5) is 3.58. The molecule has 0 N–H and O–H groups in total. The number of nitriles is 1. The molecule has 0 fully saturated rings. The molecule has 0 aliphatic heterocycles. The van der Waals surface area contributed by atoms with Gasteiger partial charge >= 0.3 is 0 Å². The van der Waals surface area contributed by atoms with Crippen molar-refractivity contribution >= 4 is 5.87 Å². The maximum Gasteiger partial charge on any atom is 0.0641 e. The van der Waals surface area contributed by atoms with E-state index in [9.17, 15) is 0 Å². The van der Waals surface area contributed by atoms with Gasteiger partial charge in [0.2, 0.25) is 0 Å². The molecule has 0 rings (SSSR count). The van der Waals surface area contributed by atoms with Gasteiger partial charge in [-0.3, -0.25) is 0 Å². The van der Waals surface area contributed by atoms with Crippen LogP contribution in [0.25, 0.3) is 0 Å². The number of aliphatic imine (C=N–C) groups is 1. The first-order valence-corrected chi connectivity index (χ1v) is 1.97. The molecule has 0 atom stereocenters. The molecule has 0 aromatic heterocycles. The molecule has 2 nitrogen and oxygen atoms in total. The lowest BCUT2D eigenvalue weighted by molar-refractivity contribution is 1.02. The fraction of sp³-hybridized carbons (Fsp3) is 0.400. The Morgan fingerprint density at radius 1 is 1.71 bits per heavy atom. The van der Waals surface area contributed by atoms with Gasteiger partial charge in [0.25, 0.3) is 0 Å². The van der Waals surface area contributed by atoms with Crippen LogP contribution in [0.5, 0.6) is 0 Å². The SMILES string of the molecule is C=C=NCCC#N. The van der Waals surface area contributed by atoms with Crippen molar-refractivity contribution < 1.29 is 0 Å². The van der Waals surface area contributed by atoms with Crippen molar-refractivity contribution in [3.63, 3.8) is 0 Å². The normalized spacial score (nSPS) is 6.14. The Bertz CT molecular complexity index is 115. The highest BCUT2D eigenvalue weighted by molar-refractivity contribution is 5.46. The van der Waals surface area contributed by atoms with Crippen molar-refractivity contribution in [1.29, 1.82) is 5.26 Å². The zero-order chi connectivity index (χ0) is 5.54. The van der Waals surface area contributed by atoms with Gasteiger partial charge in [0, 0.05) is 0 Å². The maximum absolute atomic E-state index is 7.93. The van der Waals surface area contributed by atoms with Crippen LogP contribution >= 0.6 is 0 Å². The zero-order valence-corrected chi connectivity index (χ0v) is 4.02. The quantitative estimate of drug-likeness (QED) is 0.367. The fourth-order valence-electron chi connectivity index (χ4n) is 0.185. The molecule has 2 heteroatoms. The van der Waals surface area contributed by atoms with Crippen molar-refractivity contribution in [3.8, 4) is 6.07 Å². The summed E-state index contributed by atoms with van der Waals surface area (Å²) in [5.41, 5.74) is 0. The summed E-state index contributed by atoms with van der Waals surface area (Å²) in [5, 5.41) is 7.93. The van der Waals surface area contributed by atoms with Gasteiger partial charge in [-0.15, -0.1) is 0 Å². The van der Waals surface area contributed by atoms with E-state index < -0.39 is 0 Å². The van der Waals surface area contributed by atoms with Crippen LogP contribution in [0.4, 0.5) is 0 Å². The van der Waals surface area contributed by atoms with Crippen LogP contribution in [0, 0.1) is 11.3 Å². The third-order valence-corrected chi connectivity index (χ3v) is 0.447. The summed E-state index contributed by atoms with van der Waals surface area (Å²) >= 11 is 0. The molecule has 0 aliphatic carbocycles. The molecule has 7 heavy (non-hydrogen) atoms. The predicted molar refractivity (Wildman–Crippen MR) is 28.2 cm³/mol. The first kappa shape index (κ1) is 5.94. The fourth-order valence-corrected chi connectivity index (χ4v) is 0.185. The van der Waals surface area contributed by atoms with E-state index in [0.29, 0.717) is 13.0 Å². The van der Waals surface area contributed by atoms with E-state index in [2.05, 4.69) is 17.4 Å². The van der Waals surface area contributed by atoms with Gasteiger partial charge in [0.05, 0.1) is 19.0 Å².